The summed E-state index contributed by atoms with van der Waals surface area (Å²) in [7, 11) is 1.57. The van der Waals surface area contributed by atoms with Crippen molar-refractivity contribution in [1.82, 2.24) is 0 Å². The van der Waals surface area contributed by atoms with E-state index in [2.05, 4.69) is 26.1 Å². The van der Waals surface area contributed by atoms with Gasteiger partial charge in [0.15, 0.2) is 6.61 Å². The predicted molar refractivity (Wildman–Crippen MR) is 105 cm³/mol. The van der Waals surface area contributed by atoms with E-state index in [0.29, 0.717) is 22.9 Å². The van der Waals surface area contributed by atoms with Crippen molar-refractivity contribution in [2.45, 2.75) is 26.2 Å². The third-order valence-corrected chi connectivity index (χ3v) is 4.42. The molecule has 0 saturated carbocycles. The molecule has 0 saturated heterocycles. The highest BCUT2D eigenvalue weighted by Crippen LogP contribution is 2.36. The van der Waals surface area contributed by atoms with E-state index in [0.717, 1.165) is 5.56 Å². The van der Waals surface area contributed by atoms with Gasteiger partial charge in [0.25, 0.3) is 5.91 Å². The minimum Gasteiger partial charge on any atom is -0.497 e. The highest BCUT2D eigenvalue weighted by atomic mass is 16.5. The van der Waals surface area contributed by atoms with Gasteiger partial charge in [0, 0.05) is 11.8 Å². The molecule has 0 atom stereocenters. The number of methoxy groups -OCH3 is 1. The van der Waals surface area contributed by atoms with Gasteiger partial charge < -0.3 is 14.8 Å². The van der Waals surface area contributed by atoms with E-state index in [1.54, 1.807) is 31.4 Å². The summed E-state index contributed by atoms with van der Waals surface area (Å²) >= 11 is 0. The van der Waals surface area contributed by atoms with E-state index < -0.39 is 0 Å². The van der Waals surface area contributed by atoms with Gasteiger partial charge in [-0.2, -0.15) is 0 Å². The average molecular weight is 368 g/mol. The second-order valence-corrected chi connectivity index (χ2v) is 7.48. The summed E-state index contributed by atoms with van der Waals surface area (Å²) in [5.41, 5.74) is 2.30. The third kappa shape index (κ3) is 4.22. The van der Waals surface area contributed by atoms with Crippen LogP contribution < -0.4 is 19.7 Å². The minimum absolute atomic E-state index is 0.0333. The molecule has 0 aliphatic carbocycles. The lowest BCUT2D eigenvalue weighted by molar-refractivity contribution is -0.123. The topological polar surface area (TPSA) is 67.9 Å². The van der Waals surface area contributed by atoms with E-state index in [4.69, 9.17) is 9.47 Å². The smallest absolute Gasteiger partial charge is 0.265 e. The van der Waals surface area contributed by atoms with Crippen molar-refractivity contribution in [3.05, 3.63) is 48.0 Å². The van der Waals surface area contributed by atoms with Gasteiger partial charge in [-0.15, -0.1) is 0 Å². The van der Waals surface area contributed by atoms with Gasteiger partial charge in [0.2, 0.25) is 5.91 Å². The maximum Gasteiger partial charge on any atom is 0.265 e. The van der Waals surface area contributed by atoms with Gasteiger partial charge in [-0.1, -0.05) is 32.9 Å². The number of amides is 2. The van der Waals surface area contributed by atoms with Crippen LogP contribution in [0.5, 0.6) is 11.5 Å². The van der Waals surface area contributed by atoms with Crippen LogP contribution in [0.25, 0.3) is 0 Å². The Morgan fingerprint density at radius 3 is 2.70 bits per heavy atom. The Morgan fingerprint density at radius 2 is 2.00 bits per heavy atom. The molecular weight excluding hydrogens is 344 g/mol. The molecule has 2 amide bonds. The molecule has 3 rings (SSSR count). The molecule has 1 aliphatic heterocycles. The SMILES string of the molecule is COc1cccc(NC(=O)CN2C(=O)COc3cc(C(C)(C)C)ccc32)c1. The first-order chi connectivity index (χ1) is 12.8. The second-order valence-electron chi connectivity index (χ2n) is 7.48. The Hall–Kier alpha value is -3.02. The van der Waals surface area contributed by atoms with E-state index in [1.165, 1.54) is 4.90 Å². The number of hydrogen-bond donors (Lipinski definition) is 1. The molecule has 2 aromatic rings. The van der Waals surface area contributed by atoms with E-state index >= 15 is 0 Å². The lowest BCUT2D eigenvalue weighted by Crippen LogP contribution is -2.43. The summed E-state index contributed by atoms with van der Waals surface area (Å²) < 4.78 is 10.7. The summed E-state index contributed by atoms with van der Waals surface area (Å²) in [4.78, 5) is 26.3. The predicted octanol–water partition coefficient (Wildman–Crippen LogP) is 3.36. The van der Waals surface area contributed by atoms with Crippen LogP contribution in [0.3, 0.4) is 0 Å². The quantitative estimate of drug-likeness (QED) is 0.899. The van der Waals surface area contributed by atoms with Crippen LogP contribution in [0, 0.1) is 0 Å². The van der Waals surface area contributed by atoms with Gasteiger partial charge in [0.05, 0.1) is 12.8 Å². The van der Waals surface area contributed by atoms with Gasteiger partial charge in [-0.25, -0.2) is 0 Å². The van der Waals surface area contributed by atoms with Gasteiger partial charge in [0.1, 0.15) is 18.0 Å². The van der Waals surface area contributed by atoms with Crippen LogP contribution in [0.4, 0.5) is 11.4 Å². The number of ether oxygens (including phenoxy) is 2. The Labute approximate surface area is 159 Å². The number of hydrogen-bond acceptors (Lipinski definition) is 4. The van der Waals surface area contributed by atoms with Crippen molar-refractivity contribution in [2.24, 2.45) is 0 Å². The number of nitrogens with zero attached hydrogens (tertiary/aromatic N) is 1. The first kappa shape index (κ1) is 18.8. The third-order valence-electron chi connectivity index (χ3n) is 4.42. The number of fused-ring (bicyclic) bond motifs is 1. The zero-order valence-electron chi connectivity index (χ0n) is 16.0. The van der Waals surface area contributed by atoms with Crippen LogP contribution in [-0.4, -0.2) is 32.1 Å². The first-order valence-corrected chi connectivity index (χ1v) is 8.79. The largest absolute Gasteiger partial charge is 0.497 e. The van der Waals surface area contributed by atoms with Crippen LogP contribution >= 0.6 is 0 Å². The van der Waals surface area contributed by atoms with Crippen LogP contribution in [0.1, 0.15) is 26.3 Å². The van der Waals surface area contributed by atoms with E-state index in [1.807, 2.05) is 18.2 Å². The van der Waals surface area contributed by atoms with Crippen molar-refractivity contribution in [3.63, 3.8) is 0 Å². The fourth-order valence-corrected chi connectivity index (χ4v) is 2.89. The van der Waals surface area contributed by atoms with E-state index in [9.17, 15) is 9.59 Å². The molecule has 0 fully saturated rings. The standard InChI is InChI=1S/C21H24N2O4/c1-21(2,3)14-8-9-17-18(10-14)27-13-20(25)23(17)12-19(24)22-15-6-5-7-16(11-15)26-4/h5-11H,12-13H2,1-4H3,(H,22,24). The molecule has 2 aromatic carbocycles. The molecule has 142 valence electrons. The molecule has 0 aromatic heterocycles. The molecule has 0 bridgehead atoms. The molecular formula is C21H24N2O4. The summed E-state index contributed by atoms with van der Waals surface area (Å²) in [5.74, 6) is 0.739. The first-order valence-electron chi connectivity index (χ1n) is 8.79. The van der Waals surface area contributed by atoms with Crippen LogP contribution in [0.2, 0.25) is 0 Å². The van der Waals surface area contributed by atoms with Crippen molar-refractivity contribution >= 4 is 23.2 Å². The lowest BCUT2D eigenvalue weighted by atomic mass is 9.86. The summed E-state index contributed by atoms with van der Waals surface area (Å²) in [6.07, 6.45) is 0. The number of nitrogens with one attached hydrogen (secondary N) is 1. The van der Waals surface area contributed by atoms with Gasteiger partial charge in [-0.3, -0.25) is 14.5 Å². The van der Waals surface area contributed by atoms with Crippen LogP contribution in [-0.2, 0) is 15.0 Å². The fourth-order valence-electron chi connectivity index (χ4n) is 2.89. The molecule has 6 nitrogen and oxygen atoms in total. The molecule has 0 radical (unpaired) electrons. The molecule has 6 heteroatoms. The van der Waals surface area contributed by atoms with Crippen molar-refractivity contribution in [2.75, 3.05) is 30.5 Å². The van der Waals surface area contributed by atoms with Crippen molar-refractivity contribution < 1.29 is 19.1 Å². The summed E-state index contributed by atoms with van der Waals surface area (Å²) in [6, 6.07) is 12.8. The van der Waals surface area contributed by atoms with Gasteiger partial charge in [-0.05, 0) is 35.2 Å². The molecule has 0 spiro atoms. The number of benzene rings is 2. The maximum atomic E-state index is 12.5. The Balaban J connectivity index is 1.78. The van der Waals surface area contributed by atoms with Crippen molar-refractivity contribution in [1.29, 1.82) is 0 Å². The molecule has 1 aliphatic rings. The highest BCUT2D eigenvalue weighted by Gasteiger charge is 2.28. The van der Waals surface area contributed by atoms with E-state index in [-0.39, 0.29) is 30.4 Å². The summed E-state index contributed by atoms with van der Waals surface area (Å²) in [6.45, 7) is 6.18. The Bertz CT molecular complexity index is 871. The Morgan fingerprint density at radius 1 is 1.22 bits per heavy atom. The molecule has 1 N–H and O–H groups in total. The number of anilines is 2. The second kappa shape index (κ2) is 7.31. The zero-order chi connectivity index (χ0) is 19.6. The Kier molecular flexibility index (Phi) is 5.08. The number of carbonyl (C=O) groups excluding carboxylic acids is 2. The fraction of sp³-hybridized carbons (Fsp3) is 0.333. The summed E-state index contributed by atoms with van der Waals surface area (Å²) in [5, 5.41) is 2.80. The maximum absolute atomic E-state index is 12.5. The zero-order valence-corrected chi connectivity index (χ0v) is 16.0. The molecule has 0 unspecified atom stereocenters. The molecule has 1 heterocycles. The van der Waals surface area contributed by atoms with Gasteiger partial charge >= 0.3 is 0 Å². The minimum atomic E-state index is -0.288. The number of rotatable bonds is 4. The highest BCUT2D eigenvalue weighted by molar-refractivity contribution is 6.05. The monoisotopic (exact) mass is 368 g/mol. The lowest BCUT2D eigenvalue weighted by Gasteiger charge is -2.30. The average Bonchev–Trinajstić information content (AvgIpc) is 2.63. The number of carbonyl (C=O) groups is 2. The van der Waals surface area contributed by atoms with Crippen LogP contribution in [0.15, 0.2) is 42.5 Å². The molecule has 27 heavy (non-hydrogen) atoms. The van der Waals surface area contributed by atoms with Crippen molar-refractivity contribution in [3.8, 4) is 11.5 Å². The normalized spacial score (nSPS) is 13.6.